The Hall–Kier alpha value is -0.950. The molecular weight excluding hydrogens is 288 g/mol. The average molecular weight is 312 g/mol. The van der Waals surface area contributed by atoms with E-state index in [2.05, 4.69) is 0 Å². The first-order chi connectivity index (χ1) is 9.86. The summed E-state index contributed by atoms with van der Waals surface area (Å²) in [5.41, 5.74) is 7.47. The van der Waals surface area contributed by atoms with Crippen LogP contribution in [0.1, 0.15) is 30.9 Å². The Labute approximate surface area is 126 Å². The van der Waals surface area contributed by atoms with Crippen molar-refractivity contribution in [1.29, 1.82) is 0 Å². The van der Waals surface area contributed by atoms with Gasteiger partial charge < -0.3 is 10.8 Å². The first-order valence-corrected chi connectivity index (χ1v) is 8.78. The van der Waals surface area contributed by atoms with Gasteiger partial charge in [0.25, 0.3) is 0 Å². The lowest BCUT2D eigenvalue weighted by Crippen LogP contribution is -2.40. The van der Waals surface area contributed by atoms with E-state index in [9.17, 15) is 13.5 Å². The number of rotatable bonds is 4. The van der Waals surface area contributed by atoms with E-state index in [1.807, 2.05) is 6.92 Å². The Morgan fingerprint density at radius 1 is 1.38 bits per heavy atom. The lowest BCUT2D eigenvalue weighted by Gasteiger charge is -2.32. The molecule has 3 N–H and O–H groups in total. The summed E-state index contributed by atoms with van der Waals surface area (Å²) in [6, 6.07) is 5.11. The number of hydrogen-bond donors (Lipinski definition) is 2. The second-order valence-corrected chi connectivity index (χ2v) is 7.71. The van der Waals surface area contributed by atoms with E-state index < -0.39 is 10.0 Å². The van der Waals surface area contributed by atoms with Gasteiger partial charge in [-0.15, -0.1) is 0 Å². The molecule has 0 aliphatic carbocycles. The Bertz CT molecular complexity index is 591. The molecule has 1 aromatic carbocycles. The molecule has 0 amide bonds. The summed E-state index contributed by atoms with van der Waals surface area (Å²) in [6.07, 6.45) is 1.04. The zero-order chi connectivity index (χ0) is 15.6. The molecule has 1 heterocycles. The first-order valence-electron chi connectivity index (χ1n) is 7.34. The van der Waals surface area contributed by atoms with Crippen molar-refractivity contribution in [3.05, 3.63) is 29.3 Å². The molecule has 1 aliphatic heterocycles. The van der Waals surface area contributed by atoms with Crippen LogP contribution in [0.2, 0.25) is 0 Å². The highest BCUT2D eigenvalue weighted by molar-refractivity contribution is 7.89. The van der Waals surface area contributed by atoms with Gasteiger partial charge >= 0.3 is 0 Å². The zero-order valence-corrected chi connectivity index (χ0v) is 13.4. The van der Waals surface area contributed by atoms with Gasteiger partial charge in [0.15, 0.2) is 0 Å². The third-order valence-electron chi connectivity index (χ3n) is 4.35. The van der Waals surface area contributed by atoms with E-state index in [4.69, 9.17) is 5.73 Å². The Morgan fingerprint density at radius 3 is 2.48 bits per heavy atom. The van der Waals surface area contributed by atoms with Crippen LogP contribution in [0.3, 0.4) is 0 Å². The number of sulfonamides is 1. The van der Waals surface area contributed by atoms with Crippen LogP contribution < -0.4 is 5.73 Å². The van der Waals surface area contributed by atoms with Gasteiger partial charge in [-0.1, -0.05) is 6.07 Å². The highest BCUT2D eigenvalue weighted by Gasteiger charge is 2.30. The Kier molecular flexibility index (Phi) is 5.03. The predicted octanol–water partition coefficient (Wildman–Crippen LogP) is 1.24. The maximum Gasteiger partial charge on any atom is 0.243 e. The Balaban J connectivity index is 2.17. The number of piperidine rings is 1. The lowest BCUT2D eigenvalue weighted by molar-refractivity contribution is 0.0912. The molecule has 0 radical (unpaired) electrons. The quantitative estimate of drug-likeness (QED) is 0.876. The molecular formula is C15H24N2O3S. The second kappa shape index (κ2) is 6.44. The topological polar surface area (TPSA) is 83.6 Å². The third kappa shape index (κ3) is 3.45. The molecule has 1 saturated heterocycles. The van der Waals surface area contributed by atoms with Crippen molar-refractivity contribution in [3.8, 4) is 0 Å². The summed E-state index contributed by atoms with van der Waals surface area (Å²) in [4.78, 5) is 0.327. The van der Waals surface area contributed by atoms with Gasteiger partial charge in [-0.3, -0.25) is 0 Å². The van der Waals surface area contributed by atoms with Crippen molar-refractivity contribution in [2.24, 2.45) is 11.7 Å². The number of aryl methyl sites for hydroxylation is 1. The fraction of sp³-hybridized carbons (Fsp3) is 0.600. The van der Waals surface area contributed by atoms with Crippen LogP contribution in [0.15, 0.2) is 23.1 Å². The summed E-state index contributed by atoms with van der Waals surface area (Å²) in [5, 5.41) is 9.60. The van der Waals surface area contributed by atoms with E-state index in [0.29, 0.717) is 37.4 Å². The minimum Gasteiger partial charge on any atom is -0.393 e. The minimum absolute atomic E-state index is 0.192. The molecule has 2 rings (SSSR count). The Morgan fingerprint density at radius 2 is 2.00 bits per heavy atom. The number of hydrogen-bond acceptors (Lipinski definition) is 4. The second-order valence-electron chi connectivity index (χ2n) is 5.77. The van der Waals surface area contributed by atoms with Crippen molar-refractivity contribution >= 4 is 10.0 Å². The fourth-order valence-electron chi connectivity index (χ4n) is 2.81. The van der Waals surface area contributed by atoms with E-state index in [-0.39, 0.29) is 12.0 Å². The standard InChI is InChI=1S/C15H24N2O3S/c1-11-9-15(4-3-14(11)10-16)21(19,20)17-7-5-13(6-8-17)12(2)18/h3-4,9,12-13,18H,5-8,10,16H2,1-2H3. The molecule has 0 spiro atoms. The van der Waals surface area contributed by atoms with Crippen LogP contribution in [0.4, 0.5) is 0 Å². The maximum atomic E-state index is 12.6. The van der Waals surface area contributed by atoms with Gasteiger partial charge in [0, 0.05) is 19.6 Å². The van der Waals surface area contributed by atoms with Gasteiger partial charge in [0.2, 0.25) is 10.0 Å². The number of benzene rings is 1. The average Bonchev–Trinajstić information content (AvgIpc) is 2.47. The first kappa shape index (κ1) is 16.4. The van der Waals surface area contributed by atoms with Gasteiger partial charge in [-0.25, -0.2) is 8.42 Å². The molecule has 0 aromatic heterocycles. The highest BCUT2D eigenvalue weighted by atomic mass is 32.2. The summed E-state index contributed by atoms with van der Waals surface area (Å²) in [6.45, 7) is 4.99. The molecule has 6 heteroatoms. The van der Waals surface area contributed by atoms with E-state index in [1.165, 1.54) is 4.31 Å². The molecule has 5 nitrogen and oxygen atoms in total. The number of aliphatic hydroxyl groups is 1. The van der Waals surface area contributed by atoms with Crippen LogP contribution >= 0.6 is 0 Å². The summed E-state index contributed by atoms with van der Waals surface area (Å²) in [7, 11) is -3.45. The maximum absolute atomic E-state index is 12.6. The van der Waals surface area contributed by atoms with Crippen molar-refractivity contribution < 1.29 is 13.5 Å². The van der Waals surface area contributed by atoms with Crippen molar-refractivity contribution in [3.63, 3.8) is 0 Å². The number of nitrogens with two attached hydrogens (primary N) is 1. The monoisotopic (exact) mass is 312 g/mol. The van der Waals surface area contributed by atoms with Crippen LogP contribution in [0, 0.1) is 12.8 Å². The van der Waals surface area contributed by atoms with E-state index in [1.54, 1.807) is 25.1 Å². The SMILES string of the molecule is Cc1cc(S(=O)(=O)N2CCC(C(C)O)CC2)ccc1CN. The molecule has 118 valence electrons. The number of aliphatic hydroxyl groups excluding tert-OH is 1. The van der Waals surface area contributed by atoms with Crippen LogP contribution in [0.5, 0.6) is 0 Å². The van der Waals surface area contributed by atoms with Crippen molar-refractivity contribution in [2.75, 3.05) is 13.1 Å². The van der Waals surface area contributed by atoms with E-state index in [0.717, 1.165) is 11.1 Å². The molecule has 1 aliphatic rings. The summed E-state index contributed by atoms with van der Waals surface area (Å²) in [5.74, 6) is 0.192. The zero-order valence-electron chi connectivity index (χ0n) is 12.6. The molecule has 21 heavy (non-hydrogen) atoms. The van der Waals surface area contributed by atoms with Crippen LogP contribution in [-0.2, 0) is 16.6 Å². The van der Waals surface area contributed by atoms with Gasteiger partial charge in [-0.2, -0.15) is 4.31 Å². The fourth-order valence-corrected chi connectivity index (χ4v) is 4.36. The molecule has 1 unspecified atom stereocenters. The number of nitrogens with zero attached hydrogens (tertiary/aromatic N) is 1. The largest absolute Gasteiger partial charge is 0.393 e. The van der Waals surface area contributed by atoms with Crippen molar-refractivity contribution in [1.82, 2.24) is 4.31 Å². The van der Waals surface area contributed by atoms with Crippen molar-refractivity contribution in [2.45, 2.75) is 44.2 Å². The third-order valence-corrected chi connectivity index (χ3v) is 6.25. The highest BCUT2D eigenvalue weighted by Crippen LogP contribution is 2.26. The summed E-state index contributed by atoms with van der Waals surface area (Å²) >= 11 is 0. The minimum atomic E-state index is -3.45. The molecule has 1 fully saturated rings. The van der Waals surface area contributed by atoms with Gasteiger partial charge in [-0.05, 0) is 55.9 Å². The smallest absolute Gasteiger partial charge is 0.243 e. The van der Waals surface area contributed by atoms with E-state index >= 15 is 0 Å². The van der Waals surface area contributed by atoms with Crippen LogP contribution in [-0.4, -0.2) is 37.0 Å². The molecule has 1 aromatic rings. The normalized spacial score (nSPS) is 19.6. The van der Waals surface area contributed by atoms with Gasteiger partial charge in [0.05, 0.1) is 11.0 Å². The predicted molar refractivity (Wildman–Crippen MR) is 82.2 cm³/mol. The molecule has 1 atom stereocenters. The molecule has 0 bridgehead atoms. The lowest BCUT2D eigenvalue weighted by atomic mass is 9.93. The van der Waals surface area contributed by atoms with Gasteiger partial charge in [0.1, 0.15) is 0 Å². The summed E-state index contributed by atoms with van der Waals surface area (Å²) < 4.78 is 26.8. The van der Waals surface area contributed by atoms with Crippen LogP contribution in [0.25, 0.3) is 0 Å². The molecule has 0 saturated carbocycles.